The zero-order valence-electron chi connectivity index (χ0n) is 12.9. The predicted molar refractivity (Wildman–Crippen MR) is 82.9 cm³/mol. The van der Waals surface area contributed by atoms with Crippen molar-refractivity contribution in [3.05, 3.63) is 29.8 Å². The third-order valence-corrected chi connectivity index (χ3v) is 6.15. The van der Waals surface area contributed by atoms with Gasteiger partial charge < -0.3 is 10.0 Å². The molecule has 1 heterocycles. The van der Waals surface area contributed by atoms with Crippen molar-refractivity contribution in [1.82, 2.24) is 4.90 Å². The summed E-state index contributed by atoms with van der Waals surface area (Å²) >= 11 is 0. The Morgan fingerprint density at radius 3 is 2.43 bits per heavy atom. The van der Waals surface area contributed by atoms with Crippen LogP contribution in [-0.2, 0) is 14.6 Å². The second-order valence-corrected chi connectivity index (χ2v) is 8.57. The van der Waals surface area contributed by atoms with E-state index in [1.54, 1.807) is 17.0 Å². The number of aliphatic carboxylic acids is 1. The number of likely N-dealkylation sites (tertiary alicyclic amines) is 1. The minimum Gasteiger partial charge on any atom is -0.481 e. The van der Waals surface area contributed by atoms with E-state index in [2.05, 4.69) is 0 Å². The highest BCUT2D eigenvalue weighted by Gasteiger charge is 2.59. The van der Waals surface area contributed by atoms with Crippen molar-refractivity contribution in [3.63, 3.8) is 0 Å². The Labute approximate surface area is 135 Å². The van der Waals surface area contributed by atoms with Gasteiger partial charge in [0.15, 0.2) is 9.84 Å². The van der Waals surface area contributed by atoms with Crippen LogP contribution in [0.4, 0.5) is 0 Å². The summed E-state index contributed by atoms with van der Waals surface area (Å²) in [5.41, 5.74) is 0.228. The molecule has 2 aliphatic rings. The maximum Gasteiger partial charge on any atom is 0.307 e. The summed E-state index contributed by atoms with van der Waals surface area (Å²) < 4.78 is 23.2. The fraction of sp³-hybridized carbons (Fsp3) is 0.500. The number of carboxylic acids is 1. The summed E-state index contributed by atoms with van der Waals surface area (Å²) in [5, 5.41) is 9.09. The first-order valence-corrected chi connectivity index (χ1v) is 9.44. The van der Waals surface area contributed by atoms with Crippen molar-refractivity contribution < 1.29 is 23.1 Å². The molecule has 1 atom stereocenters. The van der Waals surface area contributed by atoms with Crippen LogP contribution in [-0.4, -0.2) is 49.6 Å². The van der Waals surface area contributed by atoms with Crippen molar-refractivity contribution in [3.8, 4) is 0 Å². The lowest BCUT2D eigenvalue weighted by Gasteiger charge is -2.32. The highest BCUT2D eigenvalue weighted by atomic mass is 32.2. The van der Waals surface area contributed by atoms with Crippen molar-refractivity contribution in [2.24, 2.45) is 11.3 Å². The number of hydrogen-bond donors (Lipinski definition) is 1. The number of piperidine rings is 1. The molecule has 7 heteroatoms. The fourth-order valence-corrected chi connectivity index (χ4v) is 4.11. The molecule has 1 aliphatic carbocycles. The van der Waals surface area contributed by atoms with Crippen LogP contribution in [0.15, 0.2) is 29.2 Å². The fourth-order valence-electron chi connectivity index (χ4n) is 3.45. The van der Waals surface area contributed by atoms with Crippen molar-refractivity contribution in [1.29, 1.82) is 0 Å². The van der Waals surface area contributed by atoms with Crippen molar-refractivity contribution in [2.75, 3.05) is 19.3 Å². The average molecular weight is 337 g/mol. The van der Waals surface area contributed by atoms with Crippen LogP contribution < -0.4 is 0 Å². The number of carboxylic acid groups (broad SMARTS) is 1. The summed E-state index contributed by atoms with van der Waals surface area (Å²) in [5.74, 6) is -1.21. The molecule has 0 radical (unpaired) electrons. The molecule has 1 saturated carbocycles. The number of nitrogens with zero attached hydrogens (tertiary/aromatic N) is 1. The first kappa shape index (κ1) is 16.0. The monoisotopic (exact) mass is 337 g/mol. The number of carbonyl (C=O) groups is 2. The lowest BCUT2D eigenvalue weighted by molar-refractivity contribution is -0.139. The minimum absolute atomic E-state index is 0.128. The Morgan fingerprint density at radius 2 is 1.91 bits per heavy atom. The van der Waals surface area contributed by atoms with Gasteiger partial charge in [-0.3, -0.25) is 9.59 Å². The Bertz CT molecular complexity index is 762. The first-order valence-electron chi connectivity index (χ1n) is 7.55. The van der Waals surface area contributed by atoms with Gasteiger partial charge in [0, 0.05) is 24.9 Å². The molecule has 124 valence electrons. The second kappa shape index (κ2) is 5.33. The zero-order valence-corrected chi connectivity index (χ0v) is 13.7. The van der Waals surface area contributed by atoms with Gasteiger partial charge in [-0.1, -0.05) is 6.07 Å². The van der Waals surface area contributed by atoms with E-state index in [1.807, 2.05) is 0 Å². The van der Waals surface area contributed by atoms with E-state index in [0.717, 1.165) is 6.26 Å². The molecule has 3 rings (SSSR count). The van der Waals surface area contributed by atoms with Gasteiger partial charge in [-0.25, -0.2) is 8.42 Å². The lowest BCUT2D eigenvalue weighted by Crippen LogP contribution is -2.40. The molecule has 1 saturated heterocycles. The van der Waals surface area contributed by atoms with Crippen LogP contribution in [0, 0.1) is 11.3 Å². The summed E-state index contributed by atoms with van der Waals surface area (Å²) in [6, 6.07) is 6.05. The molecule has 1 aliphatic heterocycles. The van der Waals surface area contributed by atoms with Crippen LogP contribution >= 0.6 is 0 Å². The summed E-state index contributed by atoms with van der Waals surface area (Å²) in [4.78, 5) is 25.4. The van der Waals surface area contributed by atoms with Gasteiger partial charge in [0.1, 0.15) is 0 Å². The van der Waals surface area contributed by atoms with Crippen LogP contribution in [0.25, 0.3) is 0 Å². The number of hydrogen-bond acceptors (Lipinski definition) is 4. The maximum atomic E-state index is 12.5. The van der Waals surface area contributed by atoms with Gasteiger partial charge in [-0.15, -0.1) is 0 Å². The van der Waals surface area contributed by atoms with Gasteiger partial charge in [0.05, 0.1) is 10.8 Å². The molecule has 1 aromatic rings. The molecule has 1 amide bonds. The van der Waals surface area contributed by atoms with Crippen LogP contribution in [0.3, 0.4) is 0 Å². The standard InChI is InChI=1S/C16H19NO5S/c1-23(21,22)12-4-2-3-11(9-12)14(18)17-7-5-16(6-8-17)10-13(16)15(19)20/h2-4,9,13H,5-8,10H2,1H3,(H,19,20). The van der Waals surface area contributed by atoms with Gasteiger partial charge >= 0.3 is 5.97 Å². The van der Waals surface area contributed by atoms with E-state index in [1.165, 1.54) is 12.1 Å². The highest BCUT2D eigenvalue weighted by Crippen LogP contribution is 2.59. The Morgan fingerprint density at radius 1 is 1.26 bits per heavy atom. The molecule has 1 spiro atoms. The lowest BCUT2D eigenvalue weighted by atomic mass is 9.90. The Balaban J connectivity index is 1.70. The molecule has 6 nitrogen and oxygen atoms in total. The van der Waals surface area contributed by atoms with E-state index in [9.17, 15) is 18.0 Å². The van der Waals surface area contributed by atoms with Gasteiger partial charge in [0.25, 0.3) is 5.91 Å². The third kappa shape index (κ3) is 2.97. The maximum absolute atomic E-state index is 12.5. The predicted octanol–water partition coefficient (Wildman–Crippen LogP) is 1.42. The molecular weight excluding hydrogens is 318 g/mol. The summed E-state index contributed by atoms with van der Waals surface area (Å²) in [6.45, 7) is 1.04. The topological polar surface area (TPSA) is 91.8 Å². The van der Waals surface area contributed by atoms with Crippen LogP contribution in [0.1, 0.15) is 29.6 Å². The molecule has 1 unspecified atom stereocenters. The number of benzene rings is 1. The number of amides is 1. The molecule has 1 aromatic carbocycles. The first-order chi connectivity index (χ1) is 10.7. The smallest absolute Gasteiger partial charge is 0.307 e. The van der Waals surface area contributed by atoms with E-state index in [0.29, 0.717) is 37.9 Å². The van der Waals surface area contributed by atoms with E-state index in [-0.39, 0.29) is 22.1 Å². The summed E-state index contributed by atoms with van der Waals surface area (Å²) in [7, 11) is -3.35. The third-order valence-electron chi connectivity index (χ3n) is 5.04. The highest BCUT2D eigenvalue weighted by molar-refractivity contribution is 7.90. The molecule has 0 bridgehead atoms. The Hall–Kier alpha value is -1.89. The Kier molecular flexibility index (Phi) is 3.71. The van der Waals surface area contributed by atoms with Crippen molar-refractivity contribution in [2.45, 2.75) is 24.2 Å². The minimum atomic E-state index is -3.35. The normalized spacial score (nSPS) is 22.8. The van der Waals surface area contributed by atoms with E-state index < -0.39 is 15.8 Å². The van der Waals surface area contributed by atoms with Gasteiger partial charge in [-0.2, -0.15) is 0 Å². The molecular formula is C16H19NO5S. The molecule has 0 aromatic heterocycles. The molecule has 2 fully saturated rings. The number of rotatable bonds is 3. The van der Waals surface area contributed by atoms with Crippen LogP contribution in [0.5, 0.6) is 0 Å². The second-order valence-electron chi connectivity index (χ2n) is 6.55. The molecule has 1 N–H and O–H groups in total. The summed E-state index contributed by atoms with van der Waals surface area (Å²) in [6.07, 6.45) is 3.21. The van der Waals surface area contributed by atoms with E-state index >= 15 is 0 Å². The number of sulfone groups is 1. The van der Waals surface area contributed by atoms with Gasteiger partial charge in [-0.05, 0) is 42.9 Å². The largest absolute Gasteiger partial charge is 0.481 e. The quantitative estimate of drug-likeness (QED) is 0.900. The average Bonchev–Trinajstić information content (AvgIpc) is 3.21. The van der Waals surface area contributed by atoms with E-state index in [4.69, 9.17) is 5.11 Å². The van der Waals surface area contributed by atoms with Gasteiger partial charge in [0.2, 0.25) is 0 Å². The van der Waals surface area contributed by atoms with Crippen molar-refractivity contribution >= 4 is 21.7 Å². The SMILES string of the molecule is CS(=O)(=O)c1cccc(C(=O)N2CCC3(CC2)CC3C(=O)O)c1. The molecule has 23 heavy (non-hydrogen) atoms. The number of carbonyl (C=O) groups excluding carboxylic acids is 1. The van der Waals surface area contributed by atoms with Crippen LogP contribution in [0.2, 0.25) is 0 Å². The zero-order chi connectivity index (χ0) is 16.8.